The number of benzene rings is 1. The molecular weight excluding hydrogens is 414 g/mol. The van der Waals surface area contributed by atoms with Gasteiger partial charge in [-0.2, -0.15) is 4.39 Å². The van der Waals surface area contributed by atoms with Crippen molar-refractivity contribution in [1.29, 1.82) is 0 Å². The molecule has 1 unspecified atom stereocenters. The summed E-state index contributed by atoms with van der Waals surface area (Å²) in [6, 6.07) is 3.24. The summed E-state index contributed by atoms with van der Waals surface area (Å²) in [6.07, 6.45) is 21.1. The van der Waals surface area contributed by atoms with Gasteiger partial charge in [-0.05, 0) is 118 Å². The highest BCUT2D eigenvalue weighted by atomic mass is 19.2. The molecule has 0 heterocycles. The summed E-state index contributed by atoms with van der Waals surface area (Å²) in [5.74, 6) is 2.68. The number of hydrogen-bond acceptors (Lipinski definition) is 1. The van der Waals surface area contributed by atoms with Gasteiger partial charge in [-0.1, -0.05) is 31.4 Å². The van der Waals surface area contributed by atoms with Crippen molar-refractivity contribution in [2.75, 3.05) is 6.61 Å². The predicted molar refractivity (Wildman–Crippen MR) is 133 cm³/mol. The summed E-state index contributed by atoms with van der Waals surface area (Å²) in [5, 5.41) is 0. The Morgan fingerprint density at radius 1 is 0.879 bits per heavy atom. The Balaban J connectivity index is 1.20. The minimum absolute atomic E-state index is 0.00667. The maximum atomic E-state index is 14.6. The predicted octanol–water partition coefficient (Wildman–Crippen LogP) is 9.13. The van der Waals surface area contributed by atoms with Crippen LogP contribution in [0.25, 0.3) is 5.57 Å². The lowest BCUT2D eigenvalue weighted by molar-refractivity contribution is 0.149. The molecule has 0 spiro atoms. The highest BCUT2D eigenvalue weighted by molar-refractivity contribution is 5.67. The monoisotopic (exact) mass is 456 g/mol. The molecule has 0 bridgehead atoms. The maximum Gasteiger partial charge on any atom is 0.201 e. The van der Waals surface area contributed by atoms with E-state index in [4.69, 9.17) is 4.74 Å². The molecule has 1 aromatic carbocycles. The Bertz CT molecular complexity index is 813. The van der Waals surface area contributed by atoms with Crippen LogP contribution in [-0.4, -0.2) is 6.61 Å². The van der Waals surface area contributed by atoms with Crippen molar-refractivity contribution in [2.24, 2.45) is 29.6 Å². The van der Waals surface area contributed by atoms with E-state index in [2.05, 4.69) is 18.7 Å². The lowest BCUT2D eigenvalue weighted by atomic mass is 9.68. The largest absolute Gasteiger partial charge is 0.491 e. The number of allylic oxidation sites excluding steroid dienone is 3. The molecule has 0 radical (unpaired) electrons. The Morgan fingerprint density at radius 2 is 1.55 bits per heavy atom. The van der Waals surface area contributed by atoms with E-state index in [9.17, 15) is 8.78 Å². The molecule has 0 N–H and O–H groups in total. The van der Waals surface area contributed by atoms with E-state index in [0.29, 0.717) is 18.1 Å². The van der Waals surface area contributed by atoms with Crippen molar-refractivity contribution >= 4 is 5.57 Å². The first-order valence-electron chi connectivity index (χ1n) is 13.5. The molecule has 182 valence electrons. The molecule has 0 aliphatic heterocycles. The minimum atomic E-state index is -0.860. The van der Waals surface area contributed by atoms with Gasteiger partial charge in [0.25, 0.3) is 0 Å². The Morgan fingerprint density at radius 3 is 2.15 bits per heavy atom. The third-order valence-corrected chi connectivity index (χ3v) is 8.90. The van der Waals surface area contributed by atoms with Gasteiger partial charge in [0.05, 0.1) is 6.61 Å². The van der Waals surface area contributed by atoms with Gasteiger partial charge in [-0.25, -0.2) is 4.39 Å². The molecule has 1 nitrogen and oxygen atoms in total. The second-order valence-corrected chi connectivity index (χ2v) is 10.8. The summed E-state index contributed by atoms with van der Waals surface area (Å²) in [4.78, 5) is 0. The zero-order chi connectivity index (χ0) is 23.2. The maximum absolute atomic E-state index is 14.6. The molecule has 2 saturated carbocycles. The van der Waals surface area contributed by atoms with Crippen LogP contribution in [-0.2, 0) is 0 Å². The summed E-state index contributed by atoms with van der Waals surface area (Å²) in [5.41, 5.74) is 1.37. The van der Waals surface area contributed by atoms with Crippen molar-refractivity contribution in [3.63, 3.8) is 0 Å². The van der Waals surface area contributed by atoms with E-state index < -0.39 is 11.6 Å². The van der Waals surface area contributed by atoms with Gasteiger partial charge >= 0.3 is 0 Å². The van der Waals surface area contributed by atoms with E-state index in [1.807, 2.05) is 0 Å². The summed E-state index contributed by atoms with van der Waals surface area (Å²) in [7, 11) is 0. The Hall–Kier alpha value is -1.64. The van der Waals surface area contributed by atoms with Gasteiger partial charge in [0, 0.05) is 5.56 Å². The van der Waals surface area contributed by atoms with Gasteiger partial charge in [-0.3, -0.25) is 0 Å². The summed E-state index contributed by atoms with van der Waals surface area (Å²) < 4.78 is 34.0. The molecule has 4 rings (SSSR count). The fourth-order valence-electron chi connectivity index (χ4n) is 6.71. The van der Waals surface area contributed by atoms with E-state index in [0.717, 1.165) is 48.5 Å². The molecule has 33 heavy (non-hydrogen) atoms. The van der Waals surface area contributed by atoms with Gasteiger partial charge in [0.2, 0.25) is 5.82 Å². The van der Waals surface area contributed by atoms with Gasteiger partial charge < -0.3 is 4.74 Å². The minimum Gasteiger partial charge on any atom is -0.491 e. The third kappa shape index (κ3) is 6.08. The van der Waals surface area contributed by atoms with Crippen molar-refractivity contribution in [1.82, 2.24) is 0 Å². The fourth-order valence-corrected chi connectivity index (χ4v) is 6.71. The lowest BCUT2D eigenvalue weighted by Gasteiger charge is -2.37. The molecule has 0 saturated heterocycles. The van der Waals surface area contributed by atoms with Gasteiger partial charge in [0.15, 0.2) is 11.6 Å². The van der Waals surface area contributed by atoms with Crippen LogP contribution in [0.2, 0.25) is 0 Å². The molecule has 0 amide bonds. The standard InChI is InChI=1S/C30H42F2O/c1-3-21-7-13-24(14-8-21)25-15-9-22(10-16-25)5-6-23-11-17-26(18-12-23)27-19-20-28(33-4-2)30(32)29(27)31/h3,17,19-25H,1,4-16,18H2,2H3. The van der Waals surface area contributed by atoms with Crippen molar-refractivity contribution in [2.45, 2.75) is 90.4 Å². The summed E-state index contributed by atoms with van der Waals surface area (Å²) in [6.45, 7) is 6.09. The fraction of sp³-hybridized carbons (Fsp3) is 0.667. The Kier molecular flexibility index (Phi) is 8.66. The van der Waals surface area contributed by atoms with Crippen LogP contribution in [0.4, 0.5) is 8.78 Å². The quantitative estimate of drug-likeness (QED) is 0.354. The van der Waals surface area contributed by atoms with Gasteiger partial charge in [0.1, 0.15) is 0 Å². The second kappa shape index (κ2) is 11.7. The molecule has 3 aliphatic rings. The first-order valence-corrected chi connectivity index (χ1v) is 13.5. The van der Waals surface area contributed by atoms with E-state index >= 15 is 0 Å². The first-order chi connectivity index (χ1) is 16.1. The lowest BCUT2D eigenvalue weighted by Crippen LogP contribution is -2.25. The average Bonchev–Trinajstić information content (AvgIpc) is 2.87. The van der Waals surface area contributed by atoms with Gasteiger partial charge in [-0.15, -0.1) is 6.58 Å². The number of rotatable bonds is 8. The molecule has 3 aliphatic carbocycles. The zero-order valence-corrected chi connectivity index (χ0v) is 20.5. The number of halogens is 2. The number of hydrogen-bond donors (Lipinski definition) is 0. The SMILES string of the molecule is C=CC1CCC(C2CCC(CCC3CC=C(c4ccc(OCC)c(F)c4F)CC3)CC2)CC1. The van der Waals surface area contributed by atoms with Crippen LogP contribution in [0.3, 0.4) is 0 Å². The smallest absolute Gasteiger partial charge is 0.201 e. The molecule has 0 aromatic heterocycles. The Labute approximate surface area is 199 Å². The van der Waals surface area contributed by atoms with Crippen molar-refractivity contribution in [3.8, 4) is 5.75 Å². The highest BCUT2D eigenvalue weighted by Gasteiger charge is 2.30. The topological polar surface area (TPSA) is 9.23 Å². The first kappa shape index (κ1) is 24.5. The molecule has 1 atom stereocenters. The second-order valence-electron chi connectivity index (χ2n) is 10.8. The summed E-state index contributed by atoms with van der Waals surface area (Å²) >= 11 is 0. The van der Waals surface area contributed by atoms with Crippen LogP contribution in [0.15, 0.2) is 30.9 Å². The highest BCUT2D eigenvalue weighted by Crippen LogP contribution is 2.43. The third-order valence-electron chi connectivity index (χ3n) is 8.90. The zero-order valence-electron chi connectivity index (χ0n) is 20.5. The van der Waals surface area contributed by atoms with E-state index in [1.165, 1.54) is 64.2 Å². The van der Waals surface area contributed by atoms with Crippen molar-refractivity contribution in [3.05, 3.63) is 48.1 Å². The van der Waals surface area contributed by atoms with Crippen LogP contribution in [0.1, 0.15) is 96.0 Å². The van der Waals surface area contributed by atoms with E-state index in [1.54, 1.807) is 19.1 Å². The van der Waals surface area contributed by atoms with Crippen LogP contribution < -0.4 is 4.74 Å². The van der Waals surface area contributed by atoms with Crippen LogP contribution in [0, 0.1) is 41.2 Å². The van der Waals surface area contributed by atoms with E-state index in [-0.39, 0.29) is 5.75 Å². The molecule has 1 aromatic rings. The number of ether oxygens (including phenoxy) is 1. The molecular formula is C30H42F2O. The molecule has 3 heteroatoms. The molecule has 2 fully saturated rings. The normalized spacial score (nSPS) is 30.5. The average molecular weight is 457 g/mol. The van der Waals surface area contributed by atoms with Crippen molar-refractivity contribution < 1.29 is 13.5 Å². The van der Waals surface area contributed by atoms with Crippen LogP contribution >= 0.6 is 0 Å². The van der Waals surface area contributed by atoms with Crippen LogP contribution in [0.5, 0.6) is 5.75 Å².